The monoisotopic (exact) mass is 318 g/mol. The maximum atomic E-state index is 11.2. The molecule has 0 aliphatic rings. The van der Waals surface area contributed by atoms with Gasteiger partial charge in [-0.1, -0.05) is 35.9 Å². The van der Waals surface area contributed by atoms with Crippen LogP contribution in [-0.2, 0) is 16.1 Å². The number of benzene rings is 1. The molecule has 0 saturated heterocycles. The number of aromatic nitrogens is 1. The van der Waals surface area contributed by atoms with Crippen molar-refractivity contribution < 1.29 is 9.53 Å². The molecule has 0 aliphatic heterocycles. The van der Waals surface area contributed by atoms with Crippen molar-refractivity contribution in [2.75, 3.05) is 13.2 Å². The van der Waals surface area contributed by atoms with E-state index in [1.807, 2.05) is 43.3 Å². The van der Waals surface area contributed by atoms with Crippen molar-refractivity contribution in [3.05, 3.63) is 53.2 Å². The molecule has 0 spiro atoms. The Balaban J connectivity index is 1.82. The number of hydrogen-bond acceptors (Lipinski definition) is 4. The number of nitrogens with zero attached hydrogens (tertiary/aromatic N) is 1. The van der Waals surface area contributed by atoms with Crippen molar-refractivity contribution in [3.8, 4) is 11.3 Å². The second kappa shape index (κ2) is 8.51. The maximum absolute atomic E-state index is 11.2. The Bertz CT molecular complexity index is 597. The summed E-state index contributed by atoms with van der Waals surface area (Å²) in [4.78, 5) is 15.5. The van der Waals surface area contributed by atoms with E-state index in [1.165, 1.54) is 0 Å². The fourth-order valence-electron chi connectivity index (χ4n) is 2.00. The van der Waals surface area contributed by atoms with Gasteiger partial charge in [-0.15, -0.1) is 0 Å². The molecule has 4 nitrogen and oxygen atoms in total. The number of ether oxygens (including phenoxy) is 1. The minimum absolute atomic E-state index is 0.167. The molecule has 116 valence electrons. The Morgan fingerprint density at radius 1 is 1.23 bits per heavy atom. The maximum Gasteiger partial charge on any atom is 0.307 e. The molecule has 2 aromatic rings. The van der Waals surface area contributed by atoms with Crippen molar-refractivity contribution in [1.82, 2.24) is 10.3 Å². The van der Waals surface area contributed by atoms with Crippen molar-refractivity contribution in [3.63, 3.8) is 0 Å². The highest BCUT2D eigenvalue weighted by molar-refractivity contribution is 6.30. The molecule has 1 heterocycles. The first-order valence-corrected chi connectivity index (χ1v) is 7.64. The first kappa shape index (κ1) is 16.5. The van der Waals surface area contributed by atoms with Gasteiger partial charge in [-0.05, 0) is 24.6 Å². The van der Waals surface area contributed by atoms with Gasteiger partial charge < -0.3 is 10.1 Å². The van der Waals surface area contributed by atoms with Crippen molar-refractivity contribution >= 4 is 17.6 Å². The summed E-state index contributed by atoms with van der Waals surface area (Å²) in [5, 5.41) is 3.85. The quantitative estimate of drug-likeness (QED) is 0.627. The highest BCUT2D eigenvalue weighted by Gasteiger charge is 2.02. The summed E-state index contributed by atoms with van der Waals surface area (Å²) < 4.78 is 4.87. The predicted molar refractivity (Wildman–Crippen MR) is 87.6 cm³/mol. The Kier molecular flexibility index (Phi) is 6.37. The molecule has 0 radical (unpaired) electrons. The topological polar surface area (TPSA) is 51.2 Å². The number of hydrogen-bond donors (Lipinski definition) is 1. The van der Waals surface area contributed by atoms with Gasteiger partial charge in [0.25, 0.3) is 0 Å². The number of esters is 1. The van der Waals surface area contributed by atoms with Crippen molar-refractivity contribution in [1.29, 1.82) is 0 Å². The Labute approximate surface area is 135 Å². The zero-order valence-electron chi connectivity index (χ0n) is 12.5. The number of rotatable bonds is 7. The second-order valence-electron chi connectivity index (χ2n) is 4.79. The van der Waals surface area contributed by atoms with E-state index in [2.05, 4.69) is 10.3 Å². The molecule has 0 fully saturated rings. The highest BCUT2D eigenvalue weighted by Crippen LogP contribution is 2.19. The Morgan fingerprint density at radius 3 is 2.64 bits per heavy atom. The van der Waals surface area contributed by atoms with Crippen LogP contribution in [0.1, 0.15) is 18.9 Å². The summed E-state index contributed by atoms with van der Waals surface area (Å²) in [6, 6.07) is 11.9. The highest BCUT2D eigenvalue weighted by atomic mass is 35.5. The Hall–Kier alpha value is -1.91. The van der Waals surface area contributed by atoms with Gasteiger partial charge in [0.2, 0.25) is 0 Å². The first-order valence-electron chi connectivity index (χ1n) is 7.26. The molecular weight excluding hydrogens is 300 g/mol. The fourth-order valence-corrected chi connectivity index (χ4v) is 2.11. The van der Waals surface area contributed by atoms with Crippen LogP contribution >= 0.6 is 11.6 Å². The van der Waals surface area contributed by atoms with Crippen LogP contribution < -0.4 is 5.32 Å². The van der Waals surface area contributed by atoms with Gasteiger partial charge in [0.1, 0.15) is 0 Å². The van der Waals surface area contributed by atoms with Gasteiger partial charge >= 0.3 is 5.97 Å². The molecule has 22 heavy (non-hydrogen) atoms. The number of halogens is 1. The van der Waals surface area contributed by atoms with Crippen LogP contribution in [0, 0.1) is 0 Å². The summed E-state index contributed by atoms with van der Waals surface area (Å²) in [6.07, 6.45) is 2.03. The molecule has 0 bridgehead atoms. The van der Waals surface area contributed by atoms with Crippen LogP contribution in [0.3, 0.4) is 0 Å². The van der Waals surface area contributed by atoms with Gasteiger partial charge in [-0.2, -0.15) is 0 Å². The standard InChI is InChI=1S/C17H19ClN2O2/c1-2-22-17(21)9-10-19-11-13-3-5-14(6-4-13)16-8-7-15(18)12-20-16/h3-8,12,19H,2,9-11H2,1H3. The van der Waals surface area contributed by atoms with E-state index < -0.39 is 0 Å². The summed E-state index contributed by atoms with van der Waals surface area (Å²) in [5.74, 6) is -0.167. The molecule has 5 heteroatoms. The lowest BCUT2D eigenvalue weighted by Gasteiger charge is -2.06. The van der Waals surface area contributed by atoms with Crippen molar-refractivity contribution in [2.45, 2.75) is 19.9 Å². The lowest BCUT2D eigenvalue weighted by atomic mass is 10.1. The average Bonchev–Trinajstić information content (AvgIpc) is 2.53. The van der Waals surface area contributed by atoms with Gasteiger partial charge in [-0.25, -0.2) is 0 Å². The van der Waals surface area contributed by atoms with E-state index in [1.54, 1.807) is 6.20 Å². The van der Waals surface area contributed by atoms with E-state index in [0.29, 0.717) is 31.1 Å². The normalized spacial score (nSPS) is 10.5. The third-order valence-electron chi connectivity index (χ3n) is 3.12. The molecule has 1 N–H and O–H groups in total. The largest absolute Gasteiger partial charge is 0.466 e. The zero-order valence-corrected chi connectivity index (χ0v) is 13.3. The van der Waals surface area contributed by atoms with Crippen LogP contribution in [0.25, 0.3) is 11.3 Å². The number of carbonyl (C=O) groups is 1. The van der Waals surface area contributed by atoms with Crippen LogP contribution in [-0.4, -0.2) is 24.1 Å². The summed E-state index contributed by atoms with van der Waals surface area (Å²) in [7, 11) is 0. The predicted octanol–water partition coefficient (Wildman–Crippen LogP) is 3.44. The van der Waals surface area contributed by atoms with Gasteiger partial charge in [0.15, 0.2) is 0 Å². The summed E-state index contributed by atoms with van der Waals surface area (Å²) in [5.41, 5.74) is 3.10. The van der Waals surface area contributed by atoms with Crippen molar-refractivity contribution in [2.24, 2.45) is 0 Å². The van der Waals surface area contributed by atoms with E-state index in [-0.39, 0.29) is 5.97 Å². The zero-order chi connectivity index (χ0) is 15.8. The second-order valence-corrected chi connectivity index (χ2v) is 5.23. The van der Waals surface area contributed by atoms with Gasteiger partial charge in [0, 0.05) is 24.8 Å². The van der Waals surface area contributed by atoms with E-state index in [9.17, 15) is 4.79 Å². The number of pyridine rings is 1. The van der Waals surface area contributed by atoms with E-state index in [0.717, 1.165) is 16.8 Å². The lowest BCUT2D eigenvalue weighted by Crippen LogP contribution is -2.18. The molecular formula is C17H19ClN2O2. The molecule has 0 amide bonds. The fraction of sp³-hybridized carbons (Fsp3) is 0.294. The summed E-state index contributed by atoms with van der Waals surface area (Å²) in [6.45, 7) is 3.56. The molecule has 0 aliphatic carbocycles. The van der Waals surface area contributed by atoms with E-state index >= 15 is 0 Å². The molecule has 0 saturated carbocycles. The molecule has 1 aromatic heterocycles. The summed E-state index contributed by atoms with van der Waals surface area (Å²) >= 11 is 5.83. The molecule has 1 aromatic carbocycles. The third kappa shape index (κ3) is 5.13. The first-order chi connectivity index (χ1) is 10.7. The minimum Gasteiger partial charge on any atom is -0.466 e. The van der Waals surface area contributed by atoms with Gasteiger partial charge in [0.05, 0.1) is 23.7 Å². The van der Waals surface area contributed by atoms with Crippen LogP contribution in [0.2, 0.25) is 5.02 Å². The number of carbonyl (C=O) groups excluding carboxylic acids is 1. The number of nitrogens with one attached hydrogen (secondary N) is 1. The SMILES string of the molecule is CCOC(=O)CCNCc1ccc(-c2ccc(Cl)cn2)cc1. The third-order valence-corrected chi connectivity index (χ3v) is 3.34. The van der Waals surface area contributed by atoms with E-state index in [4.69, 9.17) is 16.3 Å². The molecule has 2 rings (SSSR count). The average molecular weight is 319 g/mol. The van der Waals surface area contributed by atoms with Crippen LogP contribution in [0.15, 0.2) is 42.6 Å². The van der Waals surface area contributed by atoms with Crippen LogP contribution in [0.4, 0.5) is 0 Å². The van der Waals surface area contributed by atoms with Gasteiger partial charge in [-0.3, -0.25) is 9.78 Å². The lowest BCUT2D eigenvalue weighted by molar-refractivity contribution is -0.142. The smallest absolute Gasteiger partial charge is 0.307 e. The Morgan fingerprint density at radius 2 is 2.00 bits per heavy atom. The molecule has 0 unspecified atom stereocenters. The minimum atomic E-state index is -0.167. The molecule has 0 atom stereocenters. The van der Waals surface area contributed by atoms with Crippen LogP contribution in [0.5, 0.6) is 0 Å².